The summed E-state index contributed by atoms with van der Waals surface area (Å²) < 4.78 is 4.78. The number of nitrogens with zero attached hydrogens (tertiary/aromatic N) is 2. The van der Waals surface area contributed by atoms with Gasteiger partial charge in [-0.2, -0.15) is 0 Å². The summed E-state index contributed by atoms with van der Waals surface area (Å²) in [6.45, 7) is 2.09. The Hall–Kier alpha value is -1.56. The quantitative estimate of drug-likeness (QED) is 0.462. The third-order valence-corrected chi connectivity index (χ3v) is 1.99. The molecule has 1 heterocycles. The average molecular weight is 247 g/mol. The van der Waals surface area contributed by atoms with E-state index in [0.717, 1.165) is 6.07 Å². The molecule has 0 aliphatic rings. The summed E-state index contributed by atoms with van der Waals surface area (Å²) in [5.41, 5.74) is 0. The van der Waals surface area contributed by atoms with Crippen LogP contribution in [0.4, 0.5) is 5.88 Å². The van der Waals surface area contributed by atoms with Crippen LogP contribution in [-0.2, 0) is 0 Å². The van der Waals surface area contributed by atoms with Crippen LogP contribution in [0.3, 0.4) is 0 Å². The first-order valence-electron chi connectivity index (χ1n) is 4.55. The van der Waals surface area contributed by atoms with E-state index in [1.54, 1.807) is 14.0 Å². The Morgan fingerprint density at radius 2 is 2.31 bits per heavy atom. The van der Waals surface area contributed by atoms with Crippen molar-refractivity contribution in [2.45, 2.75) is 12.3 Å². The standard InChI is InChI=1S/C9H11ClN2O4/c1-6(10)5-11(2)9(13)7-3-4-8(16-7)12(14)15/h3-4,6H,5H2,1-2H3. The zero-order valence-corrected chi connectivity index (χ0v) is 9.60. The molecule has 16 heavy (non-hydrogen) atoms. The molecule has 0 radical (unpaired) electrons. The van der Waals surface area contributed by atoms with Gasteiger partial charge in [0.2, 0.25) is 0 Å². The highest BCUT2D eigenvalue weighted by atomic mass is 35.5. The molecule has 0 aliphatic carbocycles. The first-order valence-corrected chi connectivity index (χ1v) is 4.99. The maximum absolute atomic E-state index is 11.7. The van der Waals surface area contributed by atoms with E-state index < -0.39 is 16.7 Å². The highest BCUT2D eigenvalue weighted by Crippen LogP contribution is 2.17. The van der Waals surface area contributed by atoms with Crippen molar-refractivity contribution in [3.05, 3.63) is 28.0 Å². The zero-order chi connectivity index (χ0) is 12.3. The van der Waals surface area contributed by atoms with E-state index in [1.165, 1.54) is 11.0 Å². The van der Waals surface area contributed by atoms with Crippen LogP contribution in [0.2, 0.25) is 0 Å². The molecule has 0 saturated heterocycles. The molecular formula is C9H11ClN2O4. The van der Waals surface area contributed by atoms with Gasteiger partial charge in [0.05, 0.1) is 6.07 Å². The number of hydrogen-bond acceptors (Lipinski definition) is 4. The second-order valence-electron chi connectivity index (χ2n) is 3.36. The molecule has 1 unspecified atom stereocenters. The van der Waals surface area contributed by atoms with E-state index in [9.17, 15) is 14.9 Å². The van der Waals surface area contributed by atoms with Crippen molar-refractivity contribution in [1.29, 1.82) is 0 Å². The molecule has 0 fully saturated rings. The lowest BCUT2D eigenvalue weighted by Gasteiger charge is -2.16. The second-order valence-corrected chi connectivity index (χ2v) is 4.11. The Morgan fingerprint density at radius 3 is 2.75 bits per heavy atom. The van der Waals surface area contributed by atoms with Gasteiger partial charge in [-0.1, -0.05) is 0 Å². The zero-order valence-electron chi connectivity index (χ0n) is 8.84. The van der Waals surface area contributed by atoms with Gasteiger partial charge in [0, 0.05) is 19.0 Å². The Balaban J connectivity index is 2.76. The second kappa shape index (κ2) is 4.98. The summed E-state index contributed by atoms with van der Waals surface area (Å²) in [4.78, 5) is 22.7. The fourth-order valence-electron chi connectivity index (χ4n) is 1.19. The minimum Gasteiger partial charge on any atom is -0.395 e. The van der Waals surface area contributed by atoms with E-state index in [0.29, 0.717) is 6.54 Å². The fourth-order valence-corrected chi connectivity index (χ4v) is 1.40. The van der Waals surface area contributed by atoms with Gasteiger partial charge in [-0.25, -0.2) is 0 Å². The van der Waals surface area contributed by atoms with Crippen molar-refractivity contribution in [3.63, 3.8) is 0 Å². The van der Waals surface area contributed by atoms with Gasteiger partial charge >= 0.3 is 5.88 Å². The topological polar surface area (TPSA) is 76.6 Å². The number of hydrogen-bond donors (Lipinski definition) is 0. The number of rotatable bonds is 4. The smallest absolute Gasteiger partial charge is 0.395 e. The van der Waals surface area contributed by atoms with E-state index in [4.69, 9.17) is 16.0 Å². The van der Waals surface area contributed by atoms with Crippen molar-refractivity contribution < 1.29 is 14.1 Å². The number of alkyl halides is 1. The van der Waals surface area contributed by atoms with E-state index in [-0.39, 0.29) is 11.1 Å². The number of halogens is 1. The van der Waals surface area contributed by atoms with Crippen molar-refractivity contribution in [1.82, 2.24) is 4.90 Å². The molecule has 1 atom stereocenters. The molecule has 1 aromatic rings. The number of furan rings is 1. The molecule has 1 amide bonds. The first kappa shape index (κ1) is 12.5. The van der Waals surface area contributed by atoms with Crippen LogP contribution < -0.4 is 0 Å². The predicted octanol–water partition coefficient (Wildman–Crippen LogP) is 1.89. The van der Waals surface area contributed by atoms with Gasteiger partial charge in [0.25, 0.3) is 5.91 Å². The first-order chi connectivity index (χ1) is 7.41. The molecule has 0 aromatic carbocycles. The summed E-state index contributed by atoms with van der Waals surface area (Å²) in [5.74, 6) is -0.942. The average Bonchev–Trinajstić information content (AvgIpc) is 2.64. The highest BCUT2D eigenvalue weighted by Gasteiger charge is 2.20. The minimum atomic E-state index is -0.693. The van der Waals surface area contributed by atoms with Gasteiger partial charge in [-0.15, -0.1) is 11.6 Å². The van der Waals surface area contributed by atoms with Crippen LogP contribution in [-0.4, -0.2) is 34.7 Å². The Labute approximate surface area is 96.9 Å². The Bertz CT molecular complexity index is 402. The van der Waals surface area contributed by atoms with E-state index >= 15 is 0 Å². The highest BCUT2D eigenvalue weighted by molar-refractivity contribution is 6.20. The molecule has 6 nitrogen and oxygen atoms in total. The van der Waals surface area contributed by atoms with E-state index in [2.05, 4.69) is 0 Å². The summed E-state index contributed by atoms with van der Waals surface area (Å²) in [7, 11) is 1.55. The molecule has 0 saturated carbocycles. The fraction of sp³-hybridized carbons (Fsp3) is 0.444. The summed E-state index contributed by atoms with van der Waals surface area (Å²) in [6, 6.07) is 2.42. The number of carbonyl (C=O) groups is 1. The SMILES string of the molecule is CC(Cl)CN(C)C(=O)c1ccc([N+](=O)[O-])o1. The van der Waals surface area contributed by atoms with Gasteiger partial charge in [-0.05, 0) is 13.0 Å². The molecule has 88 valence electrons. The molecule has 0 bridgehead atoms. The molecule has 0 aliphatic heterocycles. The number of carbonyl (C=O) groups excluding carboxylic acids is 1. The van der Waals surface area contributed by atoms with Crippen LogP contribution in [0.25, 0.3) is 0 Å². The molecular weight excluding hydrogens is 236 g/mol. The molecule has 7 heteroatoms. The normalized spacial score (nSPS) is 12.2. The van der Waals surface area contributed by atoms with Crippen LogP contribution in [0.15, 0.2) is 16.5 Å². The monoisotopic (exact) mass is 246 g/mol. The van der Waals surface area contributed by atoms with Crippen molar-refractivity contribution >= 4 is 23.4 Å². The predicted molar refractivity (Wildman–Crippen MR) is 57.6 cm³/mol. The third-order valence-electron chi connectivity index (χ3n) is 1.85. The third kappa shape index (κ3) is 2.96. The molecule has 1 rings (SSSR count). The van der Waals surface area contributed by atoms with E-state index in [1.807, 2.05) is 0 Å². The lowest BCUT2D eigenvalue weighted by atomic mass is 10.3. The van der Waals surface area contributed by atoms with Crippen molar-refractivity contribution in [3.8, 4) is 0 Å². The van der Waals surface area contributed by atoms with Gasteiger partial charge < -0.3 is 9.32 Å². The minimum absolute atomic E-state index is 0.0634. The summed E-state index contributed by atoms with van der Waals surface area (Å²) in [5, 5.41) is 10.2. The van der Waals surface area contributed by atoms with Crippen molar-refractivity contribution in [2.75, 3.05) is 13.6 Å². The number of amides is 1. The lowest BCUT2D eigenvalue weighted by molar-refractivity contribution is -0.402. The molecule has 0 N–H and O–H groups in total. The Morgan fingerprint density at radius 1 is 1.69 bits per heavy atom. The van der Waals surface area contributed by atoms with Crippen molar-refractivity contribution in [2.24, 2.45) is 0 Å². The van der Waals surface area contributed by atoms with Crippen LogP contribution >= 0.6 is 11.6 Å². The molecule has 0 spiro atoms. The van der Waals surface area contributed by atoms with Crippen LogP contribution in [0.1, 0.15) is 17.5 Å². The van der Waals surface area contributed by atoms with Crippen LogP contribution in [0.5, 0.6) is 0 Å². The molecule has 1 aromatic heterocycles. The number of nitro groups is 1. The van der Waals surface area contributed by atoms with Gasteiger partial charge in [0.15, 0.2) is 5.76 Å². The summed E-state index contributed by atoms with van der Waals surface area (Å²) >= 11 is 5.73. The van der Waals surface area contributed by atoms with Gasteiger partial charge in [-0.3, -0.25) is 14.9 Å². The maximum Gasteiger partial charge on any atom is 0.433 e. The Kier molecular flexibility index (Phi) is 3.89. The maximum atomic E-state index is 11.7. The summed E-state index contributed by atoms with van der Waals surface area (Å²) in [6.07, 6.45) is 0. The van der Waals surface area contributed by atoms with Crippen LogP contribution in [0, 0.1) is 10.1 Å². The largest absolute Gasteiger partial charge is 0.433 e. The van der Waals surface area contributed by atoms with Gasteiger partial charge in [0.1, 0.15) is 4.92 Å². The lowest BCUT2D eigenvalue weighted by Crippen LogP contribution is -2.31.